The Balaban J connectivity index is 1.30. The van der Waals surface area contributed by atoms with Crippen molar-refractivity contribution in [2.75, 3.05) is 26.1 Å². The lowest BCUT2D eigenvalue weighted by Gasteiger charge is -2.22. The van der Waals surface area contributed by atoms with Crippen LogP contribution >= 0.6 is 23.2 Å². The van der Waals surface area contributed by atoms with Gasteiger partial charge in [0.05, 0.1) is 48.5 Å². The van der Waals surface area contributed by atoms with Crippen molar-refractivity contribution in [1.82, 2.24) is 14.5 Å². The second-order valence-electron chi connectivity index (χ2n) is 10.1. The fraction of sp³-hybridized carbons (Fsp3) is 0.333. The number of nitrogens with zero attached hydrogens (tertiary/aromatic N) is 3. The maximum absolute atomic E-state index is 13.5. The van der Waals surface area contributed by atoms with E-state index in [4.69, 9.17) is 32.4 Å². The molecule has 2 amide bonds. The van der Waals surface area contributed by atoms with Crippen molar-refractivity contribution in [2.45, 2.75) is 37.8 Å². The van der Waals surface area contributed by atoms with E-state index in [1.165, 1.54) is 7.11 Å². The van der Waals surface area contributed by atoms with Gasteiger partial charge in [-0.15, -0.1) is 0 Å². The molecule has 220 valence electrons. The first-order chi connectivity index (χ1) is 20.2. The largest absolute Gasteiger partial charge is 0.469 e. The Morgan fingerprint density at radius 1 is 1.14 bits per heavy atom. The lowest BCUT2D eigenvalue weighted by Crippen LogP contribution is -2.33. The number of methoxy groups -OCH3 is 2. The number of aryl methyl sites for hydroxylation is 2. The number of carbonyl (C=O) groups is 3. The molecule has 10 nitrogen and oxygen atoms in total. The van der Waals surface area contributed by atoms with Crippen LogP contribution in [0, 0.1) is 0 Å². The third-order valence-electron chi connectivity index (χ3n) is 7.44. The molecule has 4 aromatic rings. The summed E-state index contributed by atoms with van der Waals surface area (Å²) in [6.07, 6.45) is 4.10. The van der Waals surface area contributed by atoms with Gasteiger partial charge in [0.25, 0.3) is 5.91 Å². The minimum Gasteiger partial charge on any atom is -0.469 e. The number of benzene rings is 2. The number of amides is 2. The summed E-state index contributed by atoms with van der Waals surface area (Å²) in [6.45, 7) is 0.352. The van der Waals surface area contributed by atoms with Crippen molar-refractivity contribution in [3.05, 3.63) is 81.6 Å². The molecular formula is C30H30Cl2N4O6. The van der Waals surface area contributed by atoms with E-state index in [9.17, 15) is 14.4 Å². The number of hydrogen-bond donors (Lipinski definition) is 1. The molecule has 0 saturated carbocycles. The van der Waals surface area contributed by atoms with Gasteiger partial charge in [0.15, 0.2) is 0 Å². The number of aromatic nitrogens is 2. The molecule has 2 aromatic carbocycles. The highest BCUT2D eigenvalue weighted by Crippen LogP contribution is 2.36. The number of halogens is 2. The van der Waals surface area contributed by atoms with Gasteiger partial charge >= 0.3 is 5.97 Å². The standard InChI is InChI=1S/C30H30Cl2N4O6/c1-35-16-21(20-6-4-5-7-25(20)35)29(39)34-24-13-22(31)17(10-23(24)32)11-27(37)36-15-19(40-2)12-26(36)30-33-14-18(42-30)8-9-28(38)41-3/h4-7,10,13-14,16,19,26H,8-9,11-12,15H2,1-3H3,(H,34,39)/t19-,26-/m0/s1. The Bertz CT molecular complexity index is 1650. The van der Waals surface area contributed by atoms with Crippen LogP contribution in [-0.2, 0) is 39.0 Å². The zero-order chi connectivity index (χ0) is 30.0. The lowest BCUT2D eigenvalue weighted by atomic mass is 10.1. The Labute approximate surface area is 252 Å². The van der Waals surface area contributed by atoms with Gasteiger partial charge in [-0.05, 0) is 23.8 Å². The topological polar surface area (TPSA) is 116 Å². The first kappa shape index (κ1) is 29.6. The molecule has 0 aliphatic carbocycles. The third kappa shape index (κ3) is 6.16. The van der Waals surface area contributed by atoms with Gasteiger partial charge in [-0.25, -0.2) is 4.98 Å². The van der Waals surface area contributed by atoms with Gasteiger partial charge in [0, 0.05) is 55.7 Å². The van der Waals surface area contributed by atoms with Crippen LogP contribution in [0.5, 0.6) is 0 Å². The van der Waals surface area contributed by atoms with Gasteiger partial charge in [0.2, 0.25) is 11.8 Å². The molecule has 2 atom stereocenters. The minimum absolute atomic E-state index is 0.0288. The molecule has 1 aliphatic rings. The fourth-order valence-corrected chi connectivity index (χ4v) is 5.66. The summed E-state index contributed by atoms with van der Waals surface area (Å²) < 4.78 is 18.0. The number of para-hydroxylation sites is 1. The molecule has 0 unspecified atom stereocenters. The van der Waals surface area contributed by atoms with Crippen LogP contribution in [0.4, 0.5) is 5.69 Å². The van der Waals surface area contributed by atoms with Gasteiger partial charge < -0.3 is 28.7 Å². The van der Waals surface area contributed by atoms with E-state index in [0.717, 1.165) is 10.9 Å². The van der Waals surface area contributed by atoms with Crippen LogP contribution in [0.15, 0.2) is 53.2 Å². The van der Waals surface area contributed by atoms with Crippen molar-refractivity contribution in [1.29, 1.82) is 0 Å². The molecule has 0 radical (unpaired) electrons. The van der Waals surface area contributed by atoms with Crippen LogP contribution in [0.25, 0.3) is 10.9 Å². The van der Waals surface area contributed by atoms with Crippen LogP contribution in [-0.4, -0.2) is 59.1 Å². The number of rotatable bonds is 9. The maximum atomic E-state index is 13.5. The minimum atomic E-state index is -0.442. The summed E-state index contributed by atoms with van der Waals surface area (Å²) in [5, 5.41) is 4.21. The Morgan fingerprint density at radius 3 is 2.69 bits per heavy atom. The number of ether oxygens (including phenoxy) is 2. The van der Waals surface area contributed by atoms with E-state index in [0.29, 0.717) is 52.9 Å². The number of carbonyl (C=O) groups excluding carboxylic acids is 3. The number of oxazole rings is 1. The number of hydrogen-bond acceptors (Lipinski definition) is 7. The Morgan fingerprint density at radius 2 is 1.93 bits per heavy atom. The number of nitrogens with one attached hydrogen (secondary N) is 1. The SMILES string of the molecule is COC(=O)CCc1cnc([C@@H]2C[C@H](OC)CN2C(=O)Cc2cc(Cl)c(NC(=O)c3cn(C)c4ccccc34)cc2Cl)o1. The lowest BCUT2D eigenvalue weighted by molar-refractivity contribution is -0.140. The summed E-state index contributed by atoms with van der Waals surface area (Å²) >= 11 is 13.1. The van der Waals surface area contributed by atoms with Gasteiger partial charge in [-0.2, -0.15) is 0 Å². The fourth-order valence-electron chi connectivity index (χ4n) is 5.19. The molecule has 1 saturated heterocycles. The number of esters is 1. The van der Waals surface area contributed by atoms with Crippen molar-refractivity contribution >= 4 is 57.6 Å². The second-order valence-corrected chi connectivity index (χ2v) is 10.9. The van der Waals surface area contributed by atoms with Gasteiger partial charge in [-0.1, -0.05) is 41.4 Å². The Kier molecular flexibility index (Phi) is 8.86. The molecule has 3 heterocycles. The monoisotopic (exact) mass is 612 g/mol. The highest BCUT2D eigenvalue weighted by Gasteiger charge is 2.39. The summed E-state index contributed by atoms with van der Waals surface area (Å²) in [4.78, 5) is 44.2. The zero-order valence-electron chi connectivity index (χ0n) is 23.4. The maximum Gasteiger partial charge on any atom is 0.305 e. The molecular weight excluding hydrogens is 583 g/mol. The van der Waals surface area contributed by atoms with Crippen LogP contribution in [0.1, 0.15) is 46.5 Å². The van der Waals surface area contributed by atoms with Crippen molar-refractivity contribution in [3.63, 3.8) is 0 Å². The zero-order valence-corrected chi connectivity index (χ0v) is 24.9. The average molecular weight is 613 g/mol. The molecule has 42 heavy (non-hydrogen) atoms. The van der Waals surface area contributed by atoms with E-state index in [1.54, 1.807) is 36.5 Å². The van der Waals surface area contributed by atoms with Gasteiger partial charge in [-0.3, -0.25) is 14.4 Å². The molecule has 2 aromatic heterocycles. The second kappa shape index (κ2) is 12.6. The number of anilines is 1. The van der Waals surface area contributed by atoms with Crippen LogP contribution in [0.3, 0.4) is 0 Å². The predicted octanol–water partition coefficient (Wildman–Crippen LogP) is 5.36. The molecule has 1 fully saturated rings. The Hall–Kier alpha value is -3.86. The quantitative estimate of drug-likeness (QED) is 0.253. The third-order valence-corrected chi connectivity index (χ3v) is 8.11. The molecule has 0 bridgehead atoms. The molecule has 5 rings (SSSR count). The summed E-state index contributed by atoms with van der Waals surface area (Å²) in [5.41, 5.74) is 2.29. The highest BCUT2D eigenvalue weighted by atomic mass is 35.5. The van der Waals surface area contributed by atoms with Crippen LogP contribution in [0.2, 0.25) is 10.0 Å². The van der Waals surface area contributed by atoms with E-state index in [1.807, 2.05) is 35.9 Å². The van der Waals surface area contributed by atoms with Crippen molar-refractivity contribution < 1.29 is 28.3 Å². The first-order valence-corrected chi connectivity index (χ1v) is 14.1. The normalized spacial score (nSPS) is 16.6. The average Bonchev–Trinajstić information content (AvgIpc) is 3.71. The summed E-state index contributed by atoms with van der Waals surface area (Å²) in [5.74, 6) is 0.0214. The molecule has 1 N–H and O–H groups in total. The molecule has 1 aliphatic heterocycles. The molecule has 12 heteroatoms. The number of likely N-dealkylation sites (tertiary alicyclic amines) is 1. The smallest absolute Gasteiger partial charge is 0.305 e. The summed E-state index contributed by atoms with van der Waals surface area (Å²) in [7, 11) is 4.80. The van der Waals surface area contributed by atoms with E-state index in [-0.39, 0.29) is 41.8 Å². The molecule has 0 spiro atoms. The predicted molar refractivity (Wildman–Crippen MR) is 158 cm³/mol. The summed E-state index contributed by atoms with van der Waals surface area (Å²) in [6, 6.07) is 10.3. The van der Waals surface area contributed by atoms with Crippen molar-refractivity contribution in [2.24, 2.45) is 7.05 Å². The number of fused-ring (bicyclic) bond motifs is 1. The first-order valence-electron chi connectivity index (χ1n) is 13.4. The van der Waals surface area contributed by atoms with Crippen molar-refractivity contribution in [3.8, 4) is 0 Å². The van der Waals surface area contributed by atoms with Gasteiger partial charge in [0.1, 0.15) is 11.8 Å². The van der Waals surface area contributed by atoms with E-state index in [2.05, 4.69) is 15.0 Å². The van der Waals surface area contributed by atoms with Crippen LogP contribution < -0.4 is 5.32 Å². The highest BCUT2D eigenvalue weighted by molar-refractivity contribution is 6.36. The van der Waals surface area contributed by atoms with E-state index >= 15 is 0 Å². The van der Waals surface area contributed by atoms with E-state index < -0.39 is 6.04 Å².